The Morgan fingerprint density at radius 2 is 1.53 bits per heavy atom. The van der Waals surface area contributed by atoms with Crippen molar-refractivity contribution in [3.63, 3.8) is 0 Å². The first-order valence-electron chi connectivity index (χ1n) is 9.89. The largest absolute Gasteiger partial charge is 0.322 e. The highest BCUT2D eigenvalue weighted by molar-refractivity contribution is 6.15. The maximum Gasteiger partial charge on any atom is 0.256 e. The fraction of sp³-hybridized carbons (Fsp3) is 0.154. The molecule has 0 radical (unpaired) electrons. The lowest BCUT2D eigenvalue weighted by atomic mass is 9.94. The number of nitrogens with zero attached hydrogens (tertiary/aromatic N) is 1. The zero-order chi connectivity index (χ0) is 21.4. The van der Waals surface area contributed by atoms with Crippen molar-refractivity contribution in [2.24, 2.45) is 0 Å². The van der Waals surface area contributed by atoms with E-state index >= 15 is 0 Å². The van der Waals surface area contributed by atoms with Crippen LogP contribution in [0.1, 0.15) is 32.6 Å². The fourth-order valence-corrected chi connectivity index (χ4v) is 3.83. The van der Waals surface area contributed by atoms with Crippen molar-refractivity contribution in [3.8, 4) is 11.3 Å². The summed E-state index contributed by atoms with van der Waals surface area (Å²) in [4.78, 5) is 18.3. The second-order valence-corrected chi connectivity index (χ2v) is 7.77. The van der Waals surface area contributed by atoms with Gasteiger partial charge in [0.25, 0.3) is 5.91 Å². The van der Waals surface area contributed by atoms with Crippen LogP contribution in [0.3, 0.4) is 0 Å². The van der Waals surface area contributed by atoms with Crippen LogP contribution in [-0.4, -0.2) is 10.9 Å². The smallest absolute Gasteiger partial charge is 0.256 e. The Bertz CT molecular complexity index is 1260. The number of halogens is 1. The Morgan fingerprint density at radius 3 is 2.20 bits per heavy atom. The number of hydrogen-bond acceptors (Lipinski definition) is 2. The van der Waals surface area contributed by atoms with Crippen molar-refractivity contribution < 1.29 is 9.18 Å². The second kappa shape index (κ2) is 7.71. The monoisotopic (exact) mass is 398 g/mol. The van der Waals surface area contributed by atoms with Crippen LogP contribution in [0.5, 0.6) is 0 Å². The van der Waals surface area contributed by atoms with E-state index in [2.05, 4.69) is 11.4 Å². The summed E-state index contributed by atoms with van der Waals surface area (Å²) < 4.78 is 13.3. The molecule has 0 saturated carbocycles. The number of amides is 1. The third-order valence-corrected chi connectivity index (χ3v) is 5.32. The fourth-order valence-electron chi connectivity index (χ4n) is 3.83. The summed E-state index contributed by atoms with van der Waals surface area (Å²) >= 11 is 0. The molecule has 0 fully saturated rings. The maximum absolute atomic E-state index is 13.4. The summed E-state index contributed by atoms with van der Waals surface area (Å²) in [5, 5.41) is 3.73. The summed E-state index contributed by atoms with van der Waals surface area (Å²) in [5.74, 6) is -0.573. The molecule has 0 atom stereocenters. The number of aromatic nitrogens is 1. The summed E-state index contributed by atoms with van der Waals surface area (Å²) in [6.07, 6.45) is 0. The topological polar surface area (TPSA) is 42.0 Å². The molecule has 0 bridgehead atoms. The highest BCUT2D eigenvalue weighted by atomic mass is 19.1. The normalized spacial score (nSPS) is 11.0. The summed E-state index contributed by atoms with van der Waals surface area (Å²) in [6.45, 7) is 7.99. The lowest BCUT2D eigenvalue weighted by Crippen LogP contribution is -2.15. The number of fused-ring (bicyclic) bond motifs is 1. The van der Waals surface area contributed by atoms with Gasteiger partial charge in [0.1, 0.15) is 5.82 Å². The van der Waals surface area contributed by atoms with Crippen molar-refractivity contribution in [2.75, 3.05) is 5.32 Å². The summed E-state index contributed by atoms with van der Waals surface area (Å²) in [6, 6.07) is 18.0. The first-order valence-corrected chi connectivity index (χ1v) is 9.89. The van der Waals surface area contributed by atoms with Gasteiger partial charge in [-0.2, -0.15) is 0 Å². The molecule has 4 aromatic rings. The molecule has 1 heterocycles. The SMILES string of the molecule is Cc1ccc(-c2nc3c(C)cc(C)cc3c(C(=O)Nc3ccc(F)cc3)c2C)cc1. The molecule has 0 aliphatic rings. The van der Waals surface area contributed by atoms with Gasteiger partial charge in [-0.25, -0.2) is 9.37 Å². The van der Waals surface area contributed by atoms with Gasteiger partial charge >= 0.3 is 0 Å². The number of nitrogens with one attached hydrogen (secondary N) is 1. The number of anilines is 1. The van der Waals surface area contributed by atoms with Crippen molar-refractivity contribution in [1.82, 2.24) is 4.98 Å². The molecule has 0 unspecified atom stereocenters. The Balaban J connectivity index is 1.93. The van der Waals surface area contributed by atoms with Gasteiger partial charge in [0.2, 0.25) is 0 Å². The van der Waals surface area contributed by atoms with Crippen LogP contribution in [-0.2, 0) is 0 Å². The molecule has 30 heavy (non-hydrogen) atoms. The molecule has 0 aliphatic heterocycles. The van der Waals surface area contributed by atoms with Crippen LogP contribution in [0, 0.1) is 33.5 Å². The zero-order valence-corrected chi connectivity index (χ0v) is 17.5. The van der Waals surface area contributed by atoms with E-state index in [1.54, 1.807) is 12.1 Å². The van der Waals surface area contributed by atoms with Crippen molar-refractivity contribution >= 4 is 22.5 Å². The van der Waals surface area contributed by atoms with Crippen LogP contribution in [0.25, 0.3) is 22.2 Å². The molecular formula is C26H23FN2O. The standard InChI is InChI=1S/C26H23FN2O/c1-15-5-7-19(8-6-15)25-18(4)23(22-14-16(2)13-17(3)24(22)29-25)26(30)28-21-11-9-20(27)10-12-21/h5-14H,1-4H3,(H,28,30). The minimum atomic E-state index is -0.341. The predicted octanol–water partition coefficient (Wildman–Crippen LogP) is 6.53. The van der Waals surface area contributed by atoms with Crippen molar-refractivity contribution in [1.29, 1.82) is 0 Å². The molecule has 0 spiro atoms. The van der Waals surface area contributed by atoms with E-state index in [0.717, 1.165) is 38.9 Å². The van der Waals surface area contributed by atoms with Crippen molar-refractivity contribution in [3.05, 3.63) is 94.3 Å². The van der Waals surface area contributed by atoms with Gasteiger partial charge in [-0.1, -0.05) is 41.5 Å². The average molecular weight is 398 g/mol. The number of benzene rings is 3. The third kappa shape index (κ3) is 3.69. The van der Waals surface area contributed by atoms with Crippen LogP contribution in [0.4, 0.5) is 10.1 Å². The van der Waals surface area contributed by atoms with Crippen molar-refractivity contribution in [2.45, 2.75) is 27.7 Å². The van der Waals surface area contributed by atoms with Crippen LogP contribution < -0.4 is 5.32 Å². The van der Waals surface area contributed by atoms with E-state index in [1.165, 1.54) is 17.7 Å². The van der Waals surface area contributed by atoms with E-state index in [-0.39, 0.29) is 11.7 Å². The van der Waals surface area contributed by atoms with Gasteiger partial charge in [0.05, 0.1) is 16.8 Å². The van der Waals surface area contributed by atoms with Gasteiger partial charge in [0.15, 0.2) is 0 Å². The quantitative estimate of drug-likeness (QED) is 0.426. The molecule has 0 saturated heterocycles. The average Bonchev–Trinajstić information content (AvgIpc) is 2.70. The molecule has 150 valence electrons. The number of rotatable bonds is 3. The van der Waals surface area contributed by atoms with Gasteiger partial charge in [-0.15, -0.1) is 0 Å². The van der Waals surface area contributed by atoms with Crippen LogP contribution in [0.2, 0.25) is 0 Å². The summed E-state index contributed by atoms with van der Waals surface area (Å²) in [7, 11) is 0. The van der Waals surface area contributed by atoms with Crippen LogP contribution in [0.15, 0.2) is 60.7 Å². The molecule has 3 aromatic carbocycles. The number of hydrogen-bond donors (Lipinski definition) is 1. The van der Waals surface area contributed by atoms with Gasteiger partial charge < -0.3 is 5.32 Å². The van der Waals surface area contributed by atoms with Gasteiger partial charge in [-0.3, -0.25) is 4.79 Å². The highest BCUT2D eigenvalue weighted by Gasteiger charge is 2.20. The minimum absolute atomic E-state index is 0.232. The summed E-state index contributed by atoms with van der Waals surface area (Å²) in [5.41, 5.74) is 7.78. The zero-order valence-electron chi connectivity index (χ0n) is 17.5. The molecule has 4 heteroatoms. The van der Waals surface area contributed by atoms with E-state index in [9.17, 15) is 9.18 Å². The van der Waals surface area contributed by atoms with E-state index in [4.69, 9.17) is 4.98 Å². The first kappa shape index (κ1) is 19.8. The number of carbonyl (C=O) groups is 1. The second-order valence-electron chi connectivity index (χ2n) is 7.77. The number of pyridine rings is 1. The molecule has 0 aliphatic carbocycles. The van der Waals surface area contributed by atoms with Gasteiger partial charge in [0, 0.05) is 16.6 Å². The Kier molecular flexibility index (Phi) is 5.08. The molecular weight excluding hydrogens is 375 g/mol. The minimum Gasteiger partial charge on any atom is -0.322 e. The van der Waals surface area contributed by atoms with E-state index in [1.807, 2.05) is 58.0 Å². The first-order chi connectivity index (χ1) is 14.3. The predicted molar refractivity (Wildman–Crippen MR) is 120 cm³/mol. The number of carbonyl (C=O) groups excluding carboxylic acids is 1. The molecule has 3 nitrogen and oxygen atoms in total. The Morgan fingerprint density at radius 1 is 0.867 bits per heavy atom. The van der Waals surface area contributed by atoms with Gasteiger partial charge in [-0.05, 0) is 69.2 Å². The highest BCUT2D eigenvalue weighted by Crippen LogP contribution is 2.32. The van der Waals surface area contributed by atoms with Crippen LogP contribution >= 0.6 is 0 Å². The molecule has 1 aromatic heterocycles. The third-order valence-electron chi connectivity index (χ3n) is 5.32. The Hall–Kier alpha value is -3.53. The molecule has 1 N–H and O–H groups in total. The lowest BCUT2D eigenvalue weighted by molar-refractivity contribution is 0.102. The molecule has 4 rings (SSSR count). The molecule has 1 amide bonds. The number of aryl methyl sites for hydroxylation is 3. The van der Waals surface area contributed by atoms with E-state index in [0.29, 0.717) is 11.3 Å². The lowest BCUT2D eigenvalue weighted by Gasteiger charge is -2.17. The maximum atomic E-state index is 13.4. The van der Waals surface area contributed by atoms with E-state index < -0.39 is 0 Å². The Labute approximate surface area is 175 Å².